The van der Waals surface area contributed by atoms with Crippen molar-refractivity contribution in [1.82, 2.24) is 0 Å². The molecule has 0 aromatic rings. The average Bonchev–Trinajstić information content (AvgIpc) is 2.14. The molecule has 0 radical (unpaired) electrons. The molecule has 0 heterocycles. The SMILES string of the molecule is CCC(C)C(CCCC(C)C)CC(C)C. The van der Waals surface area contributed by atoms with Gasteiger partial charge in [-0.1, -0.05) is 67.2 Å². The number of rotatable bonds is 8. The van der Waals surface area contributed by atoms with Crippen molar-refractivity contribution in [2.24, 2.45) is 23.7 Å². The van der Waals surface area contributed by atoms with Gasteiger partial charge in [-0.3, -0.25) is 0 Å². The fraction of sp³-hybridized carbons (Fsp3) is 1.00. The summed E-state index contributed by atoms with van der Waals surface area (Å²) in [5.41, 5.74) is 0. The van der Waals surface area contributed by atoms with E-state index in [1.54, 1.807) is 0 Å². The molecule has 2 atom stereocenters. The van der Waals surface area contributed by atoms with Crippen LogP contribution in [-0.2, 0) is 0 Å². The smallest absolute Gasteiger partial charge is 0.0386 e. The van der Waals surface area contributed by atoms with Crippen molar-refractivity contribution in [3.8, 4) is 0 Å². The van der Waals surface area contributed by atoms with Crippen molar-refractivity contribution in [3.63, 3.8) is 0 Å². The van der Waals surface area contributed by atoms with Crippen molar-refractivity contribution >= 4 is 0 Å². The van der Waals surface area contributed by atoms with Crippen molar-refractivity contribution in [1.29, 1.82) is 0 Å². The highest BCUT2D eigenvalue weighted by atomic mass is 14.2. The summed E-state index contributed by atoms with van der Waals surface area (Å²) in [7, 11) is 0. The molecule has 0 saturated heterocycles. The molecular weight excluding hydrogens is 180 g/mol. The maximum absolute atomic E-state index is 2.43. The van der Waals surface area contributed by atoms with Gasteiger partial charge < -0.3 is 0 Å². The first-order chi connectivity index (χ1) is 6.97. The maximum atomic E-state index is 2.43. The van der Waals surface area contributed by atoms with E-state index < -0.39 is 0 Å². The summed E-state index contributed by atoms with van der Waals surface area (Å²) < 4.78 is 0. The second-order valence-corrected chi connectivity index (χ2v) is 6.10. The van der Waals surface area contributed by atoms with Crippen molar-refractivity contribution in [2.45, 2.75) is 73.6 Å². The normalized spacial score (nSPS) is 16.0. The van der Waals surface area contributed by atoms with Crippen molar-refractivity contribution in [2.75, 3.05) is 0 Å². The van der Waals surface area contributed by atoms with E-state index >= 15 is 0 Å². The predicted octanol–water partition coefficient (Wildman–Crippen LogP) is 5.52. The molecule has 92 valence electrons. The molecule has 0 N–H and O–H groups in total. The van der Waals surface area contributed by atoms with Crippen LogP contribution in [0.5, 0.6) is 0 Å². The Morgan fingerprint density at radius 3 is 1.80 bits per heavy atom. The zero-order valence-electron chi connectivity index (χ0n) is 11.8. The number of hydrogen-bond acceptors (Lipinski definition) is 0. The summed E-state index contributed by atoms with van der Waals surface area (Å²) in [4.78, 5) is 0. The topological polar surface area (TPSA) is 0 Å². The summed E-state index contributed by atoms with van der Waals surface area (Å²) in [6, 6.07) is 0. The van der Waals surface area contributed by atoms with Crippen LogP contribution in [0.1, 0.15) is 73.6 Å². The van der Waals surface area contributed by atoms with Crippen LogP contribution < -0.4 is 0 Å². The monoisotopic (exact) mass is 212 g/mol. The van der Waals surface area contributed by atoms with Gasteiger partial charge in [0.15, 0.2) is 0 Å². The van der Waals surface area contributed by atoms with Crippen molar-refractivity contribution < 1.29 is 0 Å². The van der Waals surface area contributed by atoms with Crippen LogP contribution in [0.15, 0.2) is 0 Å². The highest BCUT2D eigenvalue weighted by Gasteiger charge is 2.16. The Balaban J connectivity index is 3.90. The predicted molar refractivity (Wildman–Crippen MR) is 71.1 cm³/mol. The summed E-state index contributed by atoms with van der Waals surface area (Å²) in [6.45, 7) is 14.2. The Morgan fingerprint density at radius 2 is 1.40 bits per heavy atom. The van der Waals surface area contributed by atoms with Gasteiger partial charge in [0, 0.05) is 0 Å². The maximum Gasteiger partial charge on any atom is -0.0386 e. The van der Waals surface area contributed by atoms with E-state index in [1.165, 1.54) is 32.1 Å². The minimum absolute atomic E-state index is 0.864. The lowest BCUT2D eigenvalue weighted by Crippen LogP contribution is -2.14. The zero-order chi connectivity index (χ0) is 11.8. The second-order valence-electron chi connectivity index (χ2n) is 6.10. The fourth-order valence-electron chi connectivity index (χ4n) is 2.36. The molecule has 15 heavy (non-hydrogen) atoms. The van der Waals surface area contributed by atoms with Crippen LogP contribution in [-0.4, -0.2) is 0 Å². The third kappa shape index (κ3) is 7.88. The van der Waals surface area contributed by atoms with Gasteiger partial charge in [0.2, 0.25) is 0 Å². The minimum atomic E-state index is 0.864. The van der Waals surface area contributed by atoms with Gasteiger partial charge in [0.1, 0.15) is 0 Å². The van der Waals surface area contributed by atoms with E-state index in [1.807, 2.05) is 0 Å². The van der Waals surface area contributed by atoms with E-state index in [4.69, 9.17) is 0 Å². The first-order valence-electron chi connectivity index (χ1n) is 6.97. The largest absolute Gasteiger partial charge is 0.0651 e. The van der Waals surface area contributed by atoms with E-state index in [0.29, 0.717) is 0 Å². The summed E-state index contributed by atoms with van der Waals surface area (Å²) in [6.07, 6.45) is 7.06. The molecule has 0 rings (SSSR count). The Hall–Kier alpha value is 0. The van der Waals surface area contributed by atoms with Crippen LogP contribution in [0, 0.1) is 23.7 Å². The Labute approximate surface area is 97.8 Å². The third-order valence-electron chi connectivity index (χ3n) is 3.58. The van der Waals surface area contributed by atoms with Gasteiger partial charge in [0.25, 0.3) is 0 Å². The third-order valence-corrected chi connectivity index (χ3v) is 3.58. The lowest BCUT2D eigenvalue weighted by molar-refractivity contribution is 0.264. The zero-order valence-corrected chi connectivity index (χ0v) is 11.8. The molecule has 0 spiro atoms. The summed E-state index contributed by atoms with van der Waals surface area (Å²) in [5.74, 6) is 3.62. The molecule has 0 heteroatoms. The van der Waals surface area contributed by atoms with Gasteiger partial charge in [-0.05, 0) is 30.1 Å². The van der Waals surface area contributed by atoms with Crippen LogP contribution >= 0.6 is 0 Å². The fourth-order valence-corrected chi connectivity index (χ4v) is 2.36. The first-order valence-corrected chi connectivity index (χ1v) is 6.97. The molecule has 0 aromatic carbocycles. The highest BCUT2D eigenvalue weighted by molar-refractivity contribution is 4.68. The molecule has 0 aliphatic heterocycles. The molecule has 2 unspecified atom stereocenters. The molecule has 0 aliphatic rings. The van der Waals surface area contributed by atoms with E-state index in [0.717, 1.165) is 23.7 Å². The van der Waals surface area contributed by atoms with Gasteiger partial charge in [0.05, 0.1) is 0 Å². The molecule has 0 amide bonds. The Bertz CT molecular complexity index is 135. The van der Waals surface area contributed by atoms with E-state index in [9.17, 15) is 0 Å². The molecule has 0 aromatic heterocycles. The molecule has 0 saturated carbocycles. The van der Waals surface area contributed by atoms with Gasteiger partial charge >= 0.3 is 0 Å². The molecule has 0 nitrogen and oxygen atoms in total. The Kier molecular flexibility index (Phi) is 8.19. The van der Waals surface area contributed by atoms with Crippen LogP contribution in [0.4, 0.5) is 0 Å². The van der Waals surface area contributed by atoms with Crippen molar-refractivity contribution in [3.05, 3.63) is 0 Å². The quantitative estimate of drug-likeness (QED) is 0.497. The van der Waals surface area contributed by atoms with Gasteiger partial charge in [-0.2, -0.15) is 0 Å². The molecule has 0 fully saturated rings. The summed E-state index contributed by atoms with van der Waals surface area (Å²) >= 11 is 0. The molecular formula is C15H32. The number of hydrogen-bond donors (Lipinski definition) is 0. The molecule has 0 bridgehead atoms. The second kappa shape index (κ2) is 8.19. The standard InChI is InChI=1S/C15H32/c1-7-14(6)15(11-13(4)5)10-8-9-12(2)3/h12-15H,7-11H2,1-6H3. The molecule has 0 aliphatic carbocycles. The summed E-state index contributed by atoms with van der Waals surface area (Å²) in [5, 5.41) is 0. The Morgan fingerprint density at radius 1 is 0.800 bits per heavy atom. The average molecular weight is 212 g/mol. The van der Waals surface area contributed by atoms with Gasteiger partial charge in [-0.15, -0.1) is 0 Å². The minimum Gasteiger partial charge on any atom is -0.0651 e. The van der Waals surface area contributed by atoms with Crippen LogP contribution in [0.3, 0.4) is 0 Å². The van der Waals surface area contributed by atoms with Crippen LogP contribution in [0.2, 0.25) is 0 Å². The van der Waals surface area contributed by atoms with Crippen LogP contribution in [0.25, 0.3) is 0 Å². The lowest BCUT2D eigenvalue weighted by Gasteiger charge is -2.25. The first kappa shape index (κ1) is 15.0. The van der Waals surface area contributed by atoms with E-state index in [2.05, 4.69) is 41.5 Å². The van der Waals surface area contributed by atoms with E-state index in [-0.39, 0.29) is 0 Å². The van der Waals surface area contributed by atoms with Gasteiger partial charge in [-0.25, -0.2) is 0 Å². The lowest BCUT2D eigenvalue weighted by atomic mass is 9.81. The highest BCUT2D eigenvalue weighted by Crippen LogP contribution is 2.28.